The minimum absolute atomic E-state index is 0.0215. The van der Waals surface area contributed by atoms with E-state index in [-0.39, 0.29) is 17.8 Å². The smallest absolute Gasteiger partial charge is 0.352 e. The first-order chi connectivity index (χ1) is 9.02. The van der Waals surface area contributed by atoms with Gasteiger partial charge in [-0.15, -0.1) is 0 Å². The molecule has 0 atom stereocenters. The van der Waals surface area contributed by atoms with E-state index in [0.717, 1.165) is 17.8 Å². The minimum Gasteiger partial charge on any atom is -0.477 e. The predicted octanol–water partition coefficient (Wildman–Crippen LogP) is 0.891. The van der Waals surface area contributed by atoms with E-state index in [1.165, 1.54) is 22.8 Å². The van der Waals surface area contributed by atoms with E-state index in [4.69, 9.17) is 5.11 Å². The average Bonchev–Trinajstić information content (AvgIpc) is 2.72. The predicted molar refractivity (Wildman–Crippen MR) is 69.3 cm³/mol. The van der Waals surface area contributed by atoms with Gasteiger partial charge in [0, 0.05) is 13.1 Å². The zero-order chi connectivity index (χ0) is 14.0. The third-order valence-electron chi connectivity index (χ3n) is 2.98. The van der Waals surface area contributed by atoms with Gasteiger partial charge < -0.3 is 5.11 Å². The van der Waals surface area contributed by atoms with Gasteiger partial charge in [-0.05, 0) is 18.6 Å². The average molecular weight is 261 g/mol. The summed E-state index contributed by atoms with van der Waals surface area (Å²) in [6, 6.07) is 6.10. The number of carboxylic acids is 1. The fraction of sp³-hybridized carbons (Fsp3) is 0.308. The molecule has 2 rings (SSSR count). The van der Waals surface area contributed by atoms with Crippen molar-refractivity contribution in [2.24, 2.45) is 7.05 Å². The largest absolute Gasteiger partial charge is 0.477 e. The standard InChI is InChI=1S/C13H15N3O3/c1-3-9-7-10(15(2)14-9)8-16-11(13(18)19)5-4-6-12(16)17/h4-7H,3,8H2,1-2H3,(H,18,19). The van der Waals surface area contributed by atoms with Crippen LogP contribution in [0.2, 0.25) is 0 Å². The highest BCUT2D eigenvalue weighted by molar-refractivity contribution is 5.85. The number of hydrogen-bond donors (Lipinski definition) is 1. The van der Waals surface area contributed by atoms with Crippen LogP contribution in [-0.4, -0.2) is 25.4 Å². The first-order valence-electron chi connectivity index (χ1n) is 5.98. The highest BCUT2D eigenvalue weighted by Gasteiger charge is 2.13. The van der Waals surface area contributed by atoms with Crippen molar-refractivity contribution in [1.82, 2.24) is 14.3 Å². The molecule has 0 saturated heterocycles. The second-order valence-corrected chi connectivity index (χ2v) is 4.24. The second kappa shape index (κ2) is 5.09. The van der Waals surface area contributed by atoms with Gasteiger partial charge in [-0.25, -0.2) is 4.79 Å². The first-order valence-corrected chi connectivity index (χ1v) is 5.98. The molecule has 100 valence electrons. The minimum atomic E-state index is -1.12. The number of hydrogen-bond acceptors (Lipinski definition) is 3. The lowest BCUT2D eigenvalue weighted by Crippen LogP contribution is -2.26. The lowest BCUT2D eigenvalue weighted by molar-refractivity contribution is 0.0684. The van der Waals surface area contributed by atoms with Gasteiger partial charge in [0.25, 0.3) is 5.56 Å². The van der Waals surface area contributed by atoms with Crippen LogP contribution < -0.4 is 5.56 Å². The Morgan fingerprint density at radius 1 is 1.42 bits per heavy atom. The van der Waals surface area contributed by atoms with Gasteiger partial charge in [-0.3, -0.25) is 14.0 Å². The van der Waals surface area contributed by atoms with E-state index >= 15 is 0 Å². The van der Waals surface area contributed by atoms with Crippen molar-refractivity contribution >= 4 is 5.97 Å². The molecule has 2 heterocycles. The maximum Gasteiger partial charge on any atom is 0.352 e. The van der Waals surface area contributed by atoms with Crippen LogP contribution >= 0.6 is 0 Å². The number of carboxylic acid groups (broad SMARTS) is 1. The van der Waals surface area contributed by atoms with E-state index in [0.29, 0.717) is 0 Å². The summed E-state index contributed by atoms with van der Waals surface area (Å²) in [5, 5.41) is 13.4. The summed E-state index contributed by atoms with van der Waals surface area (Å²) in [6.07, 6.45) is 0.795. The Bertz CT molecular complexity index is 670. The molecule has 0 aliphatic heterocycles. The summed E-state index contributed by atoms with van der Waals surface area (Å²) < 4.78 is 2.91. The summed E-state index contributed by atoms with van der Waals surface area (Å²) in [5.74, 6) is -1.12. The fourth-order valence-electron chi connectivity index (χ4n) is 1.92. The van der Waals surface area contributed by atoms with Crippen molar-refractivity contribution < 1.29 is 9.90 Å². The Morgan fingerprint density at radius 2 is 2.16 bits per heavy atom. The summed E-state index contributed by atoms with van der Waals surface area (Å²) in [5.41, 5.74) is 1.36. The van der Waals surface area contributed by atoms with Crippen LogP contribution in [0, 0.1) is 0 Å². The molecule has 6 heteroatoms. The van der Waals surface area contributed by atoms with Crippen LogP contribution in [0.25, 0.3) is 0 Å². The molecule has 0 amide bonds. The van der Waals surface area contributed by atoms with E-state index in [9.17, 15) is 9.59 Å². The highest BCUT2D eigenvalue weighted by Crippen LogP contribution is 2.07. The Hall–Kier alpha value is -2.37. The van der Waals surface area contributed by atoms with Crippen LogP contribution in [0.3, 0.4) is 0 Å². The molecule has 0 bridgehead atoms. The molecule has 19 heavy (non-hydrogen) atoms. The highest BCUT2D eigenvalue weighted by atomic mass is 16.4. The van der Waals surface area contributed by atoms with Crippen molar-refractivity contribution in [3.05, 3.63) is 51.7 Å². The lowest BCUT2D eigenvalue weighted by atomic mass is 10.2. The summed E-state index contributed by atoms with van der Waals surface area (Å²) in [7, 11) is 1.78. The maximum atomic E-state index is 11.8. The van der Waals surface area contributed by atoms with Crippen LogP contribution in [0.4, 0.5) is 0 Å². The molecular formula is C13H15N3O3. The number of aryl methyl sites for hydroxylation is 2. The Kier molecular flexibility index (Phi) is 3.50. The van der Waals surface area contributed by atoms with Crippen molar-refractivity contribution in [3.63, 3.8) is 0 Å². The summed E-state index contributed by atoms with van der Waals surface area (Å²) in [6.45, 7) is 2.19. The molecule has 0 aromatic carbocycles. The molecule has 1 N–H and O–H groups in total. The van der Waals surface area contributed by atoms with Gasteiger partial charge in [0.15, 0.2) is 0 Å². The molecule has 0 unspecified atom stereocenters. The molecule has 0 saturated carbocycles. The van der Waals surface area contributed by atoms with Crippen LogP contribution in [0.5, 0.6) is 0 Å². The summed E-state index contributed by atoms with van der Waals surface area (Å²) >= 11 is 0. The van der Waals surface area contributed by atoms with Crippen molar-refractivity contribution in [2.45, 2.75) is 19.9 Å². The first kappa shape index (κ1) is 13.1. The number of carbonyl (C=O) groups is 1. The number of aromatic carboxylic acids is 1. The topological polar surface area (TPSA) is 77.1 Å². The Balaban J connectivity index is 2.45. The quantitative estimate of drug-likeness (QED) is 0.886. The number of aromatic nitrogens is 3. The number of nitrogens with zero attached hydrogens (tertiary/aromatic N) is 3. The van der Waals surface area contributed by atoms with Crippen molar-refractivity contribution in [2.75, 3.05) is 0 Å². The zero-order valence-corrected chi connectivity index (χ0v) is 10.8. The molecule has 0 radical (unpaired) electrons. The molecule has 0 spiro atoms. The normalized spacial score (nSPS) is 10.6. The van der Waals surface area contributed by atoms with Crippen LogP contribution in [0.1, 0.15) is 28.8 Å². The third kappa shape index (κ3) is 2.57. The van der Waals surface area contributed by atoms with E-state index < -0.39 is 5.97 Å². The fourth-order valence-corrected chi connectivity index (χ4v) is 1.92. The van der Waals surface area contributed by atoms with Crippen molar-refractivity contribution in [3.8, 4) is 0 Å². The Labute approximate surface area is 109 Å². The molecule has 6 nitrogen and oxygen atoms in total. The lowest BCUT2D eigenvalue weighted by Gasteiger charge is -2.09. The van der Waals surface area contributed by atoms with Gasteiger partial charge in [0.1, 0.15) is 5.69 Å². The number of pyridine rings is 1. The number of rotatable bonds is 4. The molecule has 0 aliphatic carbocycles. The van der Waals surface area contributed by atoms with Gasteiger partial charge in [-0.1, -0.05) is 13.0 Å². The van der Waals surface area contributed by atoms with Crippen molar-refractivity contribution in [1.29, 1.82) is 0 Å². The van der Waals surface area contributed by atoms with E-state index in [2.05, 4.69) is 5.10 Å². The monoisotopic (exact) mass is 261 g/mol. The third-order valence-corrected chi connectivity index (χ3v) is 2.98. The summed E-state index contributed by atoms with van der Waals surface area (Å²) in [4.78, 5) is 22.9. The van der Waals surface area contributed by atoms with E-state index in [1.54, 1.807) is 11.7 Å². The van der Waals surface area contributed by atoms with E-state index in [1.807, 2.05) is 13.0 Å². The maximum absolute atomic E-state index is 11.8. The molecular weight excluding hydrogens is 246 g/mol. The van der Waals surface area contributed by atoms with Gasteiger partial charge in [0.05, 0.1) is 17.9 Å². The van der Waals surface area contributed by atoms with Crippen LogP contribution in [-0.2, 0) is 20.0 Å². The molecule has 2 aromatic rings. The molecule has 2 aromatic heterocycles. The molecule has 0 aliphatic rings. The van der Waals surface area contributed by atoms with Crippen LogP contribution in [0.15, 0.2) is 29.1 Å². The van der Waals surface area contributed by atoms with Gasteiger partial charge >= 0.3 is 5.97 Å². The van der Waals surface area contributed by atoms with Gasteiger partial charge in [0.2, 0.25) is 0 Å². The SMILES string of the molecule is CCc1cc(Cn2c(C(=O)O)cccc2=O)n(C)n1. The Morgan fingerprint density at radius 3 is 2.74 bits per heavy atom. The zero-order valence-electron chi connectivity index (χ0n) is 10.8. The van der Waals surface area contributed by atoms with Gasteiger partial charge in [-0.2, -0.15) is 5.10 Å². The molecule has 0 fully saturated rings. The second-order valence-electron chi connectivity index (χ2n) is 4.24.